The fourth-order valence-corrected chi connectivity index (χ4v) is 3.57. The second kappa shape index (κ2) is 8.25. The van der Waals surface area contributed by atoms with Gasteiger partial charge in [0, 0.05) is 0 Å². The van der Waals surface area contributed by atoms with Crippen LogP contribution in [-0.4, -0.2) is 74.8 Å². The fraction of sp³-hybridized carbons (Fsp3) is 1.00. The first-order valence-corrected chi connectivity index (χ1v) is 9.94. The van der Waals surface area contributed by atoms with Crippen molar-refractivity contribution in [3.05, 3.63) is 0 Å². The van der Waals surface area contributed by atoms with Gasteiger partial charge in [-0.25, -0.2) is 0 Å². The lowest BCUT2D eigenvalue weighted by atomic mass is 10.3. The van der Waals surface area contributed by atoms with Crippen molar-refractivity contribution in [3.8, 4) is 0 Å². The summed E-state index contributed by atoms with van der Waals surface area (Å²) in [5.74, 6) is 0. The molecular formula is C16H39N2O3P+2. The van der Waals surface area contributed by atoms with Crippen LogP contribution in [0.1, 0.15) is 41.5 Å². The highest BCUT2D eigenvalue weighted by atomic mass is 31.2. The molecule has 0 fully saturated rings. The van der Waals surface area contributed by atoms with Gasteiger partial charge in [0.05, 0.1) is 45.9 Å². The van der Waals surface area contributed by atoms with Crippen molar-refractivity contribution in [1.82, 2.24) is 0 Å². The van der Waals surface area contributed by atoms with Crippen LogP contribution < -0.4 is 0 Å². The van der Waals surface area contributed by atoms with E-state index < -0.39 is 12.8 Å². The van der Waals surface area contributed by atoms with Gasteiger partial charge < -0.3 is 13.5 Å². The average Bonchev–Trinajstić information content (AvgIpc) is 2.38. The maximum atomic E-state index is 13.3. The van der Waals surface area contributed by atoms with Crippen LogP contribution in [0.4, 0.5) is 0 Å². The Balaban J connectivity index is 4.96. The minimum absolute atomic E-state index is 0.447. The molecule has 0 saturated heterocycles. The monoisotopic (exact) mass is 338 g/mol. The summed E-state index contributed by atoms with van der Waals surface area (Å²) < 4.78 is 26.6. The molecule has 0 rings (SSSR count). The molecule has 0 aromatic rings. The molecule has 0 bridgehead atoms. The molecule has 1 unspecified atom stereocenters. The summed E-state index contributed by atoms with van der Waals surface area (Å²) >= 11 is 0. The van der Waals surface area contributed by atoms with Crippen molar-refractivity contribution in [2.45, 2.75) is 46.7 Å². The number of hydrogen-bond donors (Lipinski definition) is 0. The first-order chi connectivity index (χ1) is 9.85. The molecule has 1 atom stereocenters. The summed E-state index contributed by atoms with van der Waals surface area (Å²) in [4.78, 5) is 0. The largest absolute Gasteiger partial charge is 0.340 e. The number of nitrogens with zero attached hydrogens (tertiary/aromatic N) is 2. The van der Waals surface area contributed by atoms with Gasteiger partial charge in [0.25, 0.3) is 0 Å². The van der Waals surface area contributed by atoms with Crippen LogP contribution in [0.15, 0.2) is 0 Å². The SMILES string of the molecule is CC[N+](CC)(CC)COP(=O)(OCC[N+](C)(C)C)C(C)(C)C. The summed E-state index contributed by atoms with van der Waals surface area (Å²) in [6, 6.07) is 0. The van der Waals surface area contributed by atoms with E-state index in [9.17, 15) is 4.57 Å². The summed E-state index contributed by atoms with van der Waals surface area (Å²) in [7, 11) is 3.14. The molecule has 5 nitrogen and oxygen atoms in total. The van der Waals surface area contributed by atoms with E-state index >= 15 is 0 Å². The fourth-order valence-electron chi connectivity index (χ4n) is 2.00. The number of likely N-dealkylation sites (N-methyl/N-ethyl adjacent to an activating group) is 1. The van der Waals surface area contributed by atoms with Gasteiger partial charge in [-0.1, -0.05) is 0 Å². The van der Waals surface area contributed by atoms with Gasteiger partial charge in [-0.05, 0) is 41.5 Å². The smallest absolute Gasteiger partial charge is 0.329 e. The molecule has 0 heterocycles. The standard InChI is InChI=1S/C16H39N2O3P/c1-10-18(11-2,12-3)15-21-22(19,16(4,5)6)20-14-13-17(7,8)9/h10-15H2,1-9H3/q+2. The lowest BCUT2D eigenvalue weighted by Crippen LogP contribution is -2.49. The van der Waals surface area contributed by atoms with Crippen LogP contribution in [0, 0.1) is 0 Å². The van der Waals surface area contributed by atoms with Gasteiger partial charge in [0.15, 0.2) is 6.73 Å². The van der Waals surface area contributed by atoms with E-state index in [1.807, 2.05) is 20.8 Å². The summed E-state index contributed by atoms with van der Waals surface area (Å²) in [5, 5.41) is -0.511. The molecule has 0 aromatic heterocycles. The van der Waals surface area contributed by atoms with Crippen molar-refractivity contribution in [3.63, 3.8) is 0 Å². The molecule has 134 valence electrons. The number of quaternary nitrogens is 2. The zero-order valence-corrected chi connectivity index (χ0v) is 17.2. The van der Waals surface area contributed by atoms with Crippen molar-refractivity contribution >= 4 is 7.60 Å². The number of rotatable bonds is 10. The van der Waals surface area contributed by atoms with E-state index in [0.717, 1.165) is 35.1 Å². The van der Waals surface area contributed by atoms with Crippen molar-refractivity contribution in [2.75, 3.05) is 60.7 Å². The highest BCUT2D eigenvalue weighted by Crippen LogP contribution is 2.59. The zero-order chi connectivity index (χ0) is 17.7. The second-order valence-electron chi connectivity index (χ2n) is 8.06. The lowest BCUT2D eigenvalue weighted by molar-refractivity contribution is -0.938. The third kappa shape index (κ3) is 6.67. The van der Waals surface area contributed by atoms with Crippen LogP contribution in [0.2, 0.25) is 0 Å². The van der Waals surface area contributed by atoms with E-state index in [4.69, 9.17) is 9.05 Å². The molecule has 0 radical (unpaired) electrons. The molecule has 0 amide bonds. The van der Waals surface area contributed by atoms with Crippen molar-refractivity contribution in [2.24, 2.45) is 0 Å². The maximum Gasteiger partial charge on any atom is 0.340 e. The molecule has 0 aliphatic heterocycles. The number of hydrogen-bond acceptors (Lipinski definition) is 3. The first-order valence-electron chi connectivity index (χ1n) is 8.39. The molecular weight excluding hydrogens is 299 g/mol. The topological polar surface area (TPSA) is 35.5 Å². The average molecular weight is 338 g/mol. The molecule has 6 heteroatoms. The van der Waals surface area contributed by atoms with Gasteiger partial charge in [0.2, 0.25) is 0 Å². The molecule has 0 aliphatic carbocycles. The molecule has 0 aromatic carbocycles. The normalized spacial score (nSPS) is 16.6. The lowest BCUT2D eigenvalue weighted by Gasteiger charge is -2.38. The van der Waals surface area contributed by atoms with Crippen molar-refractivity contribution < 1.29 is 22.6 Å². The Bertz CT molecular complexity index is 360. The highest BCUT2D eigenvalue weighted by Gasteiger charge is 2.42. The second-order valence-corrected chi connectivity index (χ2v) is 10.9. The van der Waals surface area contributed by atoms with E-state index in [0.29, 0.717) is 13.3 Å². The predicted octanol–water partition coefficient (Wildman–Crippen LogP) is 3.55. The minimum atomic E-state index is -3.15. The highest BCUT2D eigenvalue weighted by molar-refractivity contribution is 7.55. The Morgan fingerprint density at radius 3 is 1.68 bits per heavy atom. The van der Waals surface area contributed by atoms with Gasteiger partial charge in [-0.3, -0.25) is 9.09 Å². The van der Waals surface area contributed by atoms with Crippen LogP contribution in [0.3, 0.4) is 0 Å². The molecule has 0 aliphatic rings. The van der Waals surface area contributed by atoms with E-state index in [2.05, 4.69) is 41.9 Å². The Morgan fingerprint density at radius 1 is 0.909 bits per heavy atom. The summed E-state index contributed by atoms with van der Waals surface area (Å²) in [6.45, 7) is 16.8. The van der Waals surface area contributed by atoms with E-state index in [-0.39, 0.29) is 0 Å². The Morgan fingerprint density at radius 2 is 1.36 bits per heavy atom. The molecule has 22 heavy (non-hydrogen) atoms. The Kier molecular flexibility index (Phi) is 8.28. The van der Waals surface area contributed by atoms with Gasteiger partial charge in [-0.2, -0.15) is 0 Å². The van der Waals surface area contributed by atoms with Gasteiger partial charge in [0.1, 0.15) is 13.2 Å². The van der Waals surface area contributed by atoms with Gasteiger partial charge >= 0.3 is 7.60 Å². The third-order valence-corrected chi connectivity index (χ3v) is 6.98. The third-order valence-electron chi connectivity index (χ3n) is 4.36. The predicted molar refractivity (Wildman–Crippen MR) is 94.0 cm³/mol. The van der Waals surface area contributed by atoms with Crippen LogP contribution in [0.5, 0.6) is 0 Å². The van der Waals surface area contributed by atoms with Crippen LogP contribution in [0.25, 0.3) is 0 Å². The van der Waals surface area contributed by atoms with E-state index in [1.165, 1.54) is 0 Å². The van der Waals surface area contributed by atoms with Crippen LogP contribution >= 0.6 is 7.60 Å². The van der Waals surface area contributed by atoms with Crippen molar-refractivity contribution in [1.29, 1.82) is 0 Å². The minimum Gasteiger partial charge on any atom is -0.329 e. The molecule has 0 spiro atoms. The Labute approximate surface area is 138 Å². The molecule has 0 saturated carbocycles. The van der Waals surface area contributed by atoms with E-state index in [1.54, 1.807) is 0 Å². The summed E-state index contributed by atoms with van der Waals surface area (Å²) in [6.07, 6.45) is 0. The quantitative estimate of drug-likeness (QED) is 0.347. The first kappa shape index (κ1) is 22.1. The Hall–Kier alpha value is 0.0700. The maximum absolute atomic E-state index is 13.3. The van der Waals surface area contributed by atoms with Crippen LogP contribution in [-0.2, 0) is 13.6 Å². The molecule has 0 N–H and O–H groups in total. The van der Waals surface area contributed by atoms with Gasteiger partial charge in [-0.15, -0.1) is 0 Å². The summed E-state index contributed by atoms with van der Waals surface area (Å²) in [5.41, 5.74) is 0. The zero-order valence-electron chi connectivity index (χ0n) is 16.3.